The molecule has 0 bridgehead atoms. The standard InChI is InChI=1S/C18H14F3N3.C17H13ClFN3.C17H12ClN3O/c19-18(20,21)16-3-1-13(2-4-16)10-24-17-9-15(11-23-12-17)14-5-7-22-8-6-14;18-15-2-1-13(17(19)8-15)10-22-16-7-14(9-21-11-16)12-3-5-20-6-4-12;18-15-3-1-13(2-4-15)17(22)21-16-9-14(10-20-11-16)12-5-7-19-8-6-12/h1-9,11-12,24H,10H2;1-9,11,22H,10H2;1-11H,(H,21,22). The first-order chi connectivity index (χ1) is 33.0. The fourth-order valence-electron chi connectivity index (χ4n) is 6.37. The minimum atomic E-state index is -4.31. The van der Waals surface area contributed by atoms with E-state index in [-0.39, 0.29) is 11.7 Å². The van der Waals surface area contributed by atoms with Gasteiger partial charge in [0.05, 0.1) is 28.8 Å². The highest BCUT2D eigenvalue weighted by Gasteiger charge is 2.29. The van der Waals surface area contributed by atoms with Crippen LogP contribution in [-0.4, -0.2) is 35.8 Å². The van der Waals surface area contributed by atoms with Crippen LogP contribution >= 0.6 is 23.2 Å². The van der Waals surface area contributed by atoms with Crippen molar-refractivity contribution in [1.82, 2.24) is 29.9 Å². The highest BCUT2D eigenvalue weighted by atomic mass is 35.5. The zero-order chi connectivity index (χ0) is 47.7. The second kappa shape index (κ2) is 23.4. The summed E-state index contributed by atoms with van der Waals surface area (Å²) in [6, 6.07) is 33.6. The Morgan fingerprint density at radius 1 is 0.471 bits per heavy atom. The normalized spacial score (nSPS) is 10.7. The molecule has 0 aliphatic rings. The second-order valence-electron chi connectivity index (χ2n) is 14.7. The van der Waals surface area contributed by atoms with E-state index in [1.54, 1.807) is 111 Å². The predicted octanol–water partition coefficient (Wildman–Crippen LogP) is 13.4. The van der Waals surface area contributed by atoms with Gasteiger partial charge in [-0.3, -0.25) is 34.7 Å². The Morgan fingerprint density at radius 3 is 1.38 bits per heavy atom. The Kier molecular flexibility index (Phi) is 16.5. The number of nitrogens with one attached hydrogen (secondary N) is 3. The number of rotatable bonds is 11. The van der Waals surface area contributed by atoms with Crippen LogP contribution in [-0.2, 0) is 19.3 Å². The van der Waals surface area contributed by atoms with Gasteiger partial charge in [-0.15, -0.1) is 0 Å². The lowest BCUT2D eigenvalue weighted by Gasteiger charge is -2.10. The Bertz CT molecular complexity index is 3030. The molecule has 0 saturated carbocycles. The SMILES string of the molecule is FC(F)(F)c1ccc(CNc2cncc(-c3ccncc3)c2)cc1.Fc1cc(Cl)ccc1CNc1cncc(-c2ccncc2)c1.O=C(Nc1cncc(-c2ccncc2)c1)c1ccc(Cl)cc1. The number of amides is 1. The number of nitrogens with zero attached hydrogens (tertiary/aromatic N) is 6. The number of carbonyl (C=O) groups excluding carboxylic acids is 1. The molecular formula is C52H39Cl2F4N9O. The van der Waals surface area contributed by atoms with Gasteiger partial charge in [0, 0.05) is 119 Å². The molecule has 0 fully saturated rings. The van der Waals surface area contributed by atoms with Crippen molar-refractivity contribution >= 4 is 46.2 Å². The molecule has 0 spiro atoms. The van der Waals surface area contributed by atoms with E-state index in [0.29, 0.717) is 39.9 Å². The third-order valence-corrected chi connectivity index (χ3v) is 10.4. The van der Waals surface area contributed by atoms with Crippen LogP contribution in [0.4, 0.5) is 34.6 Å². The van der Waals surface area contributed by atoms with Crippen molar-refractivity contribution < 1.29 is 22.4 Å². The maximum atomic E-state index is 13.8. The summed E-state index contributed by atoms with van der Waals surface area (Å²) in [5.74, 6) is -0.524. The van der Waals surface area contributed by atoms with Crippen LogP contribution in [0.15, 0.2) is 196 Å². The molecule has 0 radical (unpaired) electrons. The topological polar surface area (TPSA) is 130 Å². The number of pyridine rings is 6. The lowest BCUT2D eigenvalue weighted by atomic mass is 10.1. The summed E-state index contributed by atoms with van der Waals surface area (Å²) >= 11 is 11.6. The third kappa shape index (κ3) is 14.2. The summed E-state index contributed by atoms with van der Waals surface area (Å²) in [6.45, 7) is 0.782. The van der Waals surface area contributed by atoms with Gasteiger partial charge in [-0.1, -0.05) is 41.4 Å². The molecule has 9 aromatic rings. The number of hydrogen-bond acceptors (Lipinski definition) is 9. The molecule has 6 heterocycles. The number of benzene rings is 3. The monoisotopic (exact) mass is 951 g/mol. The van der Waals surface area contributed by atoms with Crippen molar-refractivity contribution in [3.8, 4) is 33.4 Å². The highest BCUT2D eigenvalue weighted by Crippen LogP contribution is 2.30. The molecule has 6 aromatic heterocycles. The molecule has 0 unspecified atom stereocenters. The largest absolute Gasteiger partial charge is 0.416 e. The van der Waals surface area contributed by atoms with Gasteiger partial charge in [-0.2, -0.15) is 13.2 Å². The van der Waals surface area contributed by atoms with Crippen LogP contribution in [0.25, 0.3) is 33.4 Å². The predicted molar refractivity (Wildman–Crippen MR) is 259 cm³/mol. The van der Waals surface area contributed by atoms with Gasteiger partial charge in [0.25, 0.3) is 5.91 Å². The first-order valence-corrected chi connectivity index (χ1v) is 21.4. The number of carbonyl (C=O) groups is 1. The molecule has 0 aliphatic heterocycles. The third-order valence-electron chi connectivity index (χ3n) is 9.90. The number of alkyl halides is 3. The summed E-state index contributed by atoms with van der Waals surface area (Å²) in [5, 5.41) is 10.2. The zero-order valence-corrected chi connectivity index (χ0v) is 37.3. The van der Waals surface area contributed by atoms with Gasteiger partial charge in [-0.05, 0) is 125 Å². The Balaban J connectivity index is 0.000000151. The molecule has 3 aromatic carbocycles. The molecule has 1 amide bonds. The molecule has 68 heavy (non-hydrogen) atoms. The highest BCUT2D eigenvalue weighted by molar-refractivity contribution is 6.31. The van der Waals surface area contributed by atoms with Crippen LogP contribution in [0.2, 0.25) is 10.0 Å². The number of halogens is 6. The van der Waals surface area contributed by atoms with Gasteiger partial charge >= 0.3 is 6.18 Å². The molecule has 0 saturated heterocycles. The van der Waals surface area contributed by atoms with Gasteiger partial charge in [0.2, 0.25) is 0 Å². The fraction of sp³-hybridized carbons (Fsp3) is 0.0577. The van der Waals surface area contributed by atoms with Crippen LogP contribution in [0.3, 0.4) is 0 Å². The van der Waals surface area contributed by atoms with E-state index in [1.165, 1.54) is 18.2 Å². The van der Waals surface area contributed by atoms with E-state index in [1.807, 2.05) is 54.6 Å². The molecule has 16 heteroatoms. The summed E-state index contributed by atoms with van der Waals surface area (Å²) in [7, 11) is 0. The summed E-state index contributed by atoms with van der Waals surface area (Å²) in [5.41, 5.74) is 9.31. The number of anilines is 3. The summed E-state index contributed by atoms with van der Waals surface area (Å²) in [6.07, 6.45) is 16.3. The van der Waals surface area contributed by atoms with Gasteiger partial charge in [0.15, 0.2) is 0 Å². The van der Waals surface area contributed by atoms with Gasteiger partial charge in [-0.25, -0.2) is 4.39 Å². The zero-order valence-electron chi connectivity index (χ0n) is 35.7. The minimum Gasteiger partial charge on any atom is -0.380 e. The first-order valence-electron chi connectivity index (χ1n) is 20.7. The van der Waals surface area contributed by atoms with Gasteiger partial charge < -0.3 is 16.0 Å². The van der Waals surface area contributed by atoms with Crippen molar-refractivity contribution in [2.75, 3.05) is 16.0 Å². The lowest BCUT2D eigenvalue weighted by molar-refractivity contribution is -0.137. The van der Waals surface area contributed by atoms with Crippen molar-refractivity contribution in [3.63, 3.8) is 0 Å². The van der Waals surface area contributed by atoms with Crippen LogP contribution in [0.5, 0.6) is 0 Å². The van der Waals surface area contributed by atoms with E-state index in [2.05, 4.69) is 45.9 Å². The van der Waals surface area contributed by atoms with Gasteiger partial charge in [0.1, 0.15) is 5.82 Å². The Morgan fingerprint density at radius 2 is 0.912 bits per heavy atom. The van der Waals surface area contributed by atoms with Crippen LogP contribution in [0.1, 0.15) is 27.0 Å². The molecule has 0 aliphatic carbocycles. The quantitative estimate of drug-likeness (QED) is 0.108. The lowest BCUT2D eigenvalue weighted by Crippen LogP contribution is -2.11. The van der Waals surface area contributed by atoms with Crippen molar-refractivity contribution in [1.29, 1.82) is 0 Å². The van der Waals surface area contributed by atoms with E-state index in [9.17, 15) is 22.4 Å². The molecule has 0 atom stereocenters. The van der Waals surface area contributed by atoms with Crippen LogP contribution in [0, 0.1) is 5.82 Å². The van der Waals surface area contributed by atoms with Crippen LogP contribution < -0.4 is 16.0 Å². The number of hydrogen-bond donors (Lipinski definition) is 3. The minimum absolute atomic E-state index is 0.203. The van der Waals surface area contributed by atoms with E-state index >= 15 is 0 Å². The number of aromatic nitrogens is 6. The van der Waals surface area contributed by atoms with Crippen molar-refractivity contribution in [3.05, 3.63) is 234 Å². The Hall–Kier alpha value is -8.07. The van der Waals surface area contributed by atoms with E-state index < -0.39 is 11.7 Å². The molecule has 3 N–H and O–H groups in total. The maximum absolute atomic E-state index is 13.8. The Labute approximate surface area is 399 Å². The van der Waals surface area contributed by atoms with E-state index in [4.69, 9.17) is 23.2 Å². The fourth-order valence-corrected chi connectivity index (χ4v) is 6.66. The molecule has 10 nitrogen and oxygen atoms in total. The van der Waals surface area contributed by atoms with E-state index in [0.717, 1.165) is 62.5 Å². The first kappa shape index (κ1) is 47.9. The summed E-state index contributed by atoms with van der Waals surface area (Å²) < 4.78 is 51.4. The molecular weight excluding hydrogens is 914 g/mol. The molecule has 9 rings (SSSR count). The summed E-state index contributed by atoms with van der Waals surface area (Å²) in [4.78, 5) is 36.7. The van der Waals surface area contributed by atoms with Crippen molar-refractivity contribution in [2.24, 2.45) is 0 Å². The average molecular weight is 953 g/mol. The molecule has 340 valence electrons. The maximum Gasteiger partial charge on any atom is 0.416 e. The van der Waals surface area contributed by atoms with Crippen molar-refractivity contribution in [2.45, 2.75) is 19.3 Å². The smallest absolute Gasteiger partial charge is 0.380 e. The average Bonchev–Trinajstić information content (AvgIpc) is 3.37. The second-order valence-corrected chi connectivity index (χ2v) is 15.6.